The van der Waals surface area contributed by atoms with Gasteiger partial charge in [-0.05, 0) is 48.9 Å². The number of carbonyl (C=O) groups excluding carboxylic acids is 1. The van der Waals surface area contributed by atoms with E-state index in [0.29, 0.717) is 29.3 Å². The van der Waals surface area contributed by atoms with E-state index in [1.54, 1.807) is 24.0 Å². The van der Waals surface area contributed by atoms with Crippen LogP contribution in [0, 0.1) is 12.7 Å². The number of aryl methyl sites for hydroxylation is 1. The molecule has 0 aliphatic carbocycles. The van der Waals surface area contributed by atoms with Gasteiger partial charge in [-0.3, -0.25) is 9.48 Å². The molecule has 2 heterocycles. The van der Waals surface area contributed by atoms with Crippen molar-refractivity contribution in [2.24, 2.45) is 0 Å². The minimum Gasteiger partial charge on any atom is -0.489 e. The molecular formula is C22H18BrFN4O3. The lowest BCUT2D eigenvalue weighted by Crippen LogP contribution is -2.15. The van der Waals surface area contributed by atoms with Gasteiger partial charge >= 0.3 is 0 Å². The van der Waals surface area contributed by atoms with Crippen LogP contribution in [-0.2, 0) is 13.2 Å². The first-order chi connectivity index (χ1) is 15.0. The fraction of sp³-hybridized carbons (Fsp3) is 0.136. The summed E-state index contributed by atoms with van der Waals surface area (Å²) in [4.78, 5) is 12.7. The maximum Gasteiger partial charge on any atom is 0.278 e. The van der Waals surface area contributed by atoms with Gasteiger partial charge < -0.3 is 14.6 Å². The summed E-state index contributed by atoms with van der Waals surface area (Å²) in [5, 5.41) is 10.9. The molecular weight excluding hydrogens is 467 g/mol. The fourth-order valence-electron chi connectivity index (χ4n) is 2.91. The summed E-state index contributed by atoms with van der Waals surface area (Å²) in [5.41, 5.74) is 2.26. The van der Waals surface area contributed by atoms with E-state index in [-0.39, 0.29) is 18.1 Å². The molecule has 0 unspecified atom stereocenters. The Hall–Kier alpha value is -3.46. The summed E-state index contributed by atoms with van der Waals surface area (Å²) < 4.78 is 26.6. The van der Waals surface area contributed by atoms with E-state index >= 15 is 0 Å². The van der Waals surface area contributed by atoms with E-state index in [9.17, 15) is 9.18 Å². The van der Waals surface area contributed by atoms with Crippen LogP contribution in [0.3, 0.4) is 0 Å². The molecule has 4 rings (SSSR count). The molecule has 0 bridgehead atoms. The molecule has 0 fully saturated rings. The number of nitrogens with one attached hydrogen (secondary N) is 1. The normalized spacial score (nSPS) is 10.8. The first-order valence-corrected chi connectivity index (χ1v) is 10.2. The molecule has 1 N–H and O–H groups in total. The van der Waals surface area contributed by atoms with Crippen LogP contribution in [0.5, 0.6) is 5.75 Å². The van der Waals surface area contributed by atoms with Crippen LogP contribution in [0.2, 0.25) is 0 Å². The van der Waals surface area contributed by atoms with Crippen molar-refractivity contribution in [2.75, 3.05) is 5.32 Å². The Morgan fingerprint density at radius 2 is 1.94 bits per heavy atom. The summed E-state index contributed by atoms with van der Waals surface area (Å²) in [6.07, 6.45) is 3.31. The first kappa shape index (κ1) is 20.8. The van der Waals surface area contributed by atoms with E-state index in [1.165, 1.54) is 24.3 Å². The molecule has 0 aliphatic heterocycles. The molecule has 0 saturated heterocycles. The highest BCUT2D eigenvalue weighted by molar-refractivity contribution is 9.10. The minimum absolute atomic E-state index is 0.0621. The van der Waals surface area contributed by atoms with Gasteiger partial charge in [0.05, 0.1) is 24.0 Å². The van der Waals surface area contributed by atoms with Crippen molar-refractivity contribution in [3.63, 3.8) is 0 Å². The van der Waals surface area contributed by atoms with Crippen molar-refractivity contribution in [1.82, 2.24) is 14.9 Å². The third-order valence-electron chi connectivity index (χ3n) is 4.55. The molecule has 31 heavy (non-hydrogen) atoms. The molecule has 0 atom stereocenters. The number of hydrogen-bond donors (Lipinski definition) is 1. The van der Waals surface area contributed by atoms with Crippen molar-refractivity contribution >= 4 is 27.5 Å². The van der Waals surface area contributed by atoms with Gasteiger partial charge in [0.25, 0.3) is 5.91 Å². The quantitative estimate of drug-likeness (QED) is 0.400. The van der Waals surface area contributed by atoms with Gasteiger partial charge in [0.2, 0.25) is 0 Å². The van der Waals surface area contributed by atoms with Gasteiger partial charge in [-0.25, -0.2) is 4.39 Å². The highest BCUT2D eigenvalue weighted by Gasteiger charge is 2.21. The molecule has 0 aliphatic rings. The van der Waals surface area contributed by atoms with Crippen LogP contribution in [0.25, 0.3) is 0 Å². The van der Waals surface area contributed by atoms with Gasteiger partial charge in [-0.15, -0.1) is 0 Å². The van der Waals surface area contributed by atoms with Crippen molar-refractivity contribution in [1.29, 1.82) is 0 Å². The van der Waals surface area contributed by atoms with Crippen LogP contribution >= 0.6 is 15.9 Å². The second kappa shape index (κ2) is 9.13. The molecule has 1 amide bonds. The number of hydrogen-bond acceptors (Lipinski definition) is 5. The van der Waals surface area contributed by atoms with E-state index in [4.69, 9.17) is 9.26 Å². The summed E-state index contributed by atoms with van der Waals surface area (Å²) in [7, 11) is 0. The number of amides is 1. The largest absolute Gasteiger partial charge is 0.489 e. The standard InChI is InChI=1S/C22H18BrFN4O3/c1-14-20(13-30-19-8-6-17(24)7-9-19)21(27-31-14)22(29)26-18-10-25-28(12-18)11-15-2-4-16(23)5-3-15/h2-10,12H,11,13H2,1H3,(H,26,29). The van der Waals surface area contributed by atoms with Crippen LogP contribution < -0.4 is 10.1 Å². The molecule has 7 nitrogen and oxygen atoms in total. The Kier molecular flexibility index (Phi) is 6.13. The number of rotatable bonds is 7. The average Bonchev–Trinajstić information content (AvgIpc) is 3.35. The lowest BCUT2D eigenvalue weighted by atomic mass is 10.2. The zero-order valence-corrected chi connectivity index (χ0v) is 18.1. The fourth-order valence-corrected chi connectivity index (χ4v) is 3.17. The van der Waals surface area contributed by atoms with Crippen molar-refractivity contribution in [3.8, 4) is 5.75 Å². The summed E-state index contributed by atoms with van der Waals surface area (Å²) in [6.45, 7) is 2.33. The highest BCUT2D eigenvalue weighted by atomic mass is 79.9. The zero-order valence-electron chi connectivity index (χ0n) is 16.5. The second-order valence-corrected chi connectivity index (χ2v) is 7.73. The average molecular weight is 485 g/mol. The SMILES string of the molecule is Cc1onc(C(=O)Nc2cnn(Cc3ccc(Br)cc3)c2)c1COc1ccc(F)cc1. The maximum absolute atomic E-state index is 13.0. The monoisotopic (exact) mass is 484 g/mol. The van der Waals surface area contributed by atoms with E-state index in [1.807, 2.05) is 24.3 Å². The Morgan fingerprint density at radius 1 is 1.19 bits per heavy atom. The lowest BCUT2D eigenvalue weighted by Gasteiger charge is -2.06. The number of benzene rings is 2. The Labute approximate surface area is 185 Å². The number of anilines is 1. The topological polar surface area (TPSA) is 82.2 Å². The predicted molar refractivity (Wildman–Crippen MR) is 115 cm³/mol. The van der Waals surface area contributed by atoms with E-state index in [0.717, 1.165) is 10.0 Å². The van der Waals surface area contributed by atoms with Crippen LogP contribution in [0.4, 0.5) is 10.1 Å². The highest BCUT2D eigenvalue weighted by Crippen LogP contribution is 2.20. The second-order valence-electron chi connectivity index (χ2n) is 6.82. The lowest BCUT2D eigenvalue weighted by molar-refractivity contribution is 0.101. The molecule has 0 radical (unpaired) electrons. The van der Waals surface area contributed by atoms with Crippen LogP contribution in [-0.4, -0.2) is 20.8 Å². The number of ether oxygens (including phenoxy) is 1. The third kappa shape index (κ3) is 5.18. The number of carbonyl (C=O) groups is 1. The van der Waals surface area contributed by atoms with Crippen LogP contribution in [0.15, 0.2) is 69.9 Å². The maximum atomic E-state index is 13.0. The summed E-state index contributed by atoms with van der Waals surface area (Å²) >= 11 is 3.41. The predicted octanol–water partition coefficient (Wildman–Crippen LogP) is 4.96. The summed E-state index contributed by atoms with van der Waals surface area (Å²) in [5.74, 6) is 0.160. The third-order valence-corrected chi connectivity index (χ3v) is 5.07. The molecule has 9 heteroatoms. The molecule has 0 spiro atoms. The van der Waals surface area contributed by atoms with Crippen LogP contribution in [0.1, 0.15) is 27.4 Å². The first-order valence-electron chi connectivity index (χ1n) is 9.40. The van der Waals surface area contributed by atoms with Crippen molar-refractivity contribution < 1.29 is 18.4 Å². The Bertz CT molecular complexity index is 1190. The van der Waals surface area contributed by atoms with Gasteiger partial charge in [0.15, 0.2) is 5.69 Å². The number of aromatic nitrogens is 3. The van der Waals surface area contributed by atoms with Gasteiger partial charge in [-0.1, -0.05) is 33.2 Å². The van der Waals surface area contributed by atoms with Crippen molar-refractivity contribution in [3.05, 3.63) is 93.8 Å². The van der Waals surface area contributed by atoms with Crippen molar-refractivity contribution in [2.45, 2.75) is 20.1 Å². The summed E-state index contributed by atoms with van der Waals surface area (Å²) in [6, 6.07) is 13.5. The minimum atomic E-state index is -0.433. The molecule has 158 valence electrons. The number of nitrogens with zero attached hydrogens (tertiary/aromatic N) is 3. The Balaban J connectivity index is 1.41. The number of halogens is 2. The van der Waals surface area contributed by atoms with Gasteiger partial charge in [0.1, 0.15) is 23.9 Å². The molecule has 4 aromatic rings. The van der Waals surface area contributed by atoms with E-state index < -0.39 is 5.91 Å². The Morgan fingerprint density at radius 3 is 2.68 bits per heavy atom. The van der Waals surface area contributed by atoms with Gasteiger partial charge in [0, 0.05) is 10.7 Å². The molecule has 0 saturated carbocycles. The smallest absolute Gasteiger partial charge is 0.278 e. The zero-order chi connectivity index (χ0) is 21.8. The molecule has 2 aromatic carbocycles. The van der Waals surface area contributed by atoms with Gasteiger partial charge in [-0.2, -0.15) is 5.10 Å². The molecule has 2 aromatic heterocycles. The van der Waals surface area contributed by atoms with E-state index in [2.05, 4.69) is 31.5 Å².